The lowest BCUT2D eigenvalue weighted by atomic mass is 10.2. The maximum Gasteiger partial charge on any atom is 0.296 e. The second kappa shape index (κ2) is 4.00. The Morgan fingerprint density at radius 2 is 1.81 bits per heavy atom. The molecule has 0 saturated carbocycles. The van der Waals surface area contributed by atoms with Crippen molar-refractivity contribution in [2.45, 2.75) is 0 Å². The molecule has 0 saturated heterocycles. The van der Waals surface area contributed by atoms with Crippen molar-refractivity contribution in [3.8, 4) is 0 Å². The van der Waals surface area contributed by atoms with Crippen molar-refractivity contribution in [2.24, 2.45) is 0 Å². The van der Waals surface area contributed by atoms with E-state index < -0.39 is 38.0 Å². The molecule has 0 aliphatic carbocycles. The van der Waals surface area contributed by atoms with Crippen molar-refractivity contribution in [2.75, 3.05) is 11.0 Å². The van der Waals surface area contributed by atoms with Gasteiger partial charge in [0.25, 0.3) is 5.69 Å². The maximum absolute atomic E-state index is 12.8. The highest BCUT2D eigenvalue weighted by atomic mass is 32.2. The summed E-state index contributed by atoms with van der Waals surface area (Å²) >= 11 is 0. The number of halogens is 2. The van der Waals surface area contributed by atoms with Gasteiger partial charge in [-0.2, -0.15) is 0 Å². The number of nitrogens with one attached hydrogen (secondary N) is 1. The summed E-state index contributed by atoms with van der Waals surface area (Å²) in [4.78, 5) is 9.43. The third kappa shape index (κ3) is 2.86. The smallest absolute Gasteiger partial charge is 0.277 e. The fraction of sp³-hybridized carbons (Fsp3) is 0.143. The molecule has 0 unspecified atom stereocenters. The van der Waals surface area contributed by atoms with Gasteiger partial charge in [0.05, 0.1) is 17.2 Å². The monoisotopic (exact) mass is 252 g/mol. The number of anilines is 1. The van der Waals surface area contributed by atoms with Crippen LogP contribution in [0.3, 0.4) is 0 Å². The average molecular weight is 252 g/mol. The third-order valence-corrected chi connectivity index (χ3v) is 2.12. The van der Waals surface area contributed by atoms with E-state index in [9.17, 15) is 27.3 Å². The van der Waals surface area contributed by atoms with Gasteiger partial charge in [0.15, 0.2) is 11.6 Å². The van der Waals surface area contributed by atoms with Crippen LogP contribution in [0.15, 0.2) is 12.1 Å². The zero-order chi connectivity index (χ0) is 12.5. The van der Waals surface area contributed by atoms with E-state index in [-0.39, 0.29) is 0 Å². The van der Waals surface area contributed by atoms with Crippen LogP contribution in [0.4, 0.5) is 20.2 Å². The first-order valence-electron chi connectivity index (χ1n) is 3.82. The van der Waals surface area contributed by atoms with Crippen LogP contribution in [0.2, 0.25) is 0 Å². The highest BCUT2D eigenvalue weighted by Gasteiger charge is 2.20. The number of nitrogens with zero attached hydrogens (tertiary/aromatic N) is 1. The van der Waals surface area contributed by atoms with Gasteiger partial charge in [-0.3, -0.25) is 14.8 Å². The number of hydrogen-bond acceptors (Lipinski definition) is 4. The number of nitro benzene ring substituents is 1. The molecule has 0 atom stereocenters. The molecule has 1 aromatic carbocycles. The van der Waals surface area contributed by atoms with E-state index in [0.29, 0.717) is 12.1 Å². The van der Waals surface area contributed by atoms with E-state index in [0.717, 1.165) is 6.26 Å². The predicted octanol–water partition coefficient (Wildman–Crippen LogP) is 1.24. The summed E-state index contributed by atoms with van der Waals surface area (Å²) in [5.41, 5.74) is -1.48. The summed E-state index contributed by atoms with van der Waals surface area (Å²) < 4.78 is 48.8. The van der Waals surface area contributed by atoms with Gasteiger partial charge in [-0.1, -0.05) is 0 Å². The normalized spacial score (nSPS) is 11.2. The van der Waals surface area contributed by atoms with E-state index in [1.54, 1.807) is 4.72 Å². The Kier molecular flexibility index (Phi) is 3.08. The minimum atomic E-state index is -3.81. The standard InChI is InChI=1S/C7H6F2N2O4S/c1-16(14,15)10-6-2-4(8)5(9)3-7(6)11(12)13/h2-3,10H,1H3. The molecule has 0 heterocycles. The van der Waals surface area contributed by atoms with E-state index >= 15 is 0 Å². The van der Waals surface area contributed by atoms with Crippen LogP contribution in [-0.4, -0.2) is 19.6 Å². The van der Waals surface area contributed by atoms with Gasteiger partial charge < -0.3 is 0 Å². The van der Waals surface area contributed by atoms with Gasteiger partial charge >= 0.3 is 0 Å². The largest absolute Gasteiger partial charge is 0.296 e. The van der Waals surface area contributed by atoms with Crippen molar-refractivity contribution in [3.63, 3.8) is 0 Å². The summed E-state index contributed by atoms with van der Waals surface area (Å²) in [5.74, 6) is -2.80. The van der Waals surface area contributed by atoms with E-state index in [1.807, 2.05) is 0 Å². The molecule has 1 rings (SSSR count). The minimum absolute atomic E-state index is 0.308. The van der Waals surface area contributed by atoms with Crippen LogP contribution in [0, 0.1) is 21.7 Å². The lowest BCUT2D eigenvalue weighted by Crippen LogP contribution is -2.11. The quantitative estimate of drug-likeness (QED) is 0.647. The molecule has 0 radical (unpaired) electrons. The topological polar surface area (TPSA) is 89.3 Å². The molecule has 0 bridgehead atoms. The number of sulfonamides is 1. The molecule has 9 heteroatoms. The van der Waals surface area contributed by atoms with Gasteiger partial charge in [0.2, 0.25) is 10.0 Å². The van der Waals surface area contributed by atoms with Gasteiger partial charge in [0.1, 0.15) is 5.69 Å². The predicted molar refractivity (Wildman–Crippen MR) is 51.5 cm³/mol. The van der Waals surface area contributed by atoms with E-state index in [1.165, 1.54) is 0 Å². The fourth-order valence-corrected chi connectivity index (χ4v) is 1.53. The van der Waals surface area contributed by atoms with Crippen LogP contribution < -0.4 is 4.72 Å². The molecule has 1 aromatic rings. The lowest BCUT2D eigenvalue weighted by molar-refractivity contribution is -0.384. The molecule has 0 fully saturated rings. The SMILES string of the molecule is CS(=O)(=O)Nc1cc(F)c(F)cc1[N+](=O)[O-]. The molecule has 0 spiro atoms. The Labute approximate surface area is 89.1 Å². The number of nitro groups is 1. The zero-order valence-electron chi connectivity index (χ0n) is 7.90. The van der Waals surface area contributed by atoms with Crippen LogP contribution in [0.25, 0.3) is 0 Å². The lowest BCUT2D eigenvalue weighted by Gasteiger charge is -2.05. The van der Waals surface area contributed by atoms with Crippen LogP contribution >= 0.6 is 0 Å². The second-order valence-corrected chi connectivity index (χ2v) is 4.66. The molecule has 0 aliphatic rings. The molecule has 1 N–H and O–H groups in total. The summed E-state index contributed by atoms with van der Waals surface area (Å²) in [6.07, 6.45) is 0.734. The summed E-state index contributed by atoms with van der Waals surface area (Å²) in [7, 11) is -3.81. The zero-order valence-corrected chi connectivity index (χ0v) is 8.72. The molecular weight excluding hydrogens is 246 g/mol. The summed E-state index contributed by atoms with van der Waals surface area (Å²) in [6.45, 7) is 0. The fourth-order valence-electron chi connectivity index (χ4n) is 0.969. The first kappa shape index (κ1) is 12.3. The van der Waals surface area contributed by atoms with E-state index in [4.69, 9.17) is 0 Å². The molecule has 16 heavy (non-hydrogen) atoms. The number of hydrogen-bond donors (Lipinski definition) is 1. The van der Waals surface area contributed by atoms with Crippen molar-refractivity contribution in [1.29, 1.82) is 0 Å². The van der Waals surface area contributed by atoms with Crippen molar-refractivity contribution >= 4 is 21.4 Å². The van der Waals surface area contributed by atoms with Gasteiger partial charge in [-0.25, -0.2) is 17.2 Å². The molecule has 0 aliphatic heterocycles. The Hall–Kier alpha value is -1.77. The van der Waals surface area contributed by atoms with Crippen molar-refractivity contribution < 1.29 is 22.1 Å². The molecule has 88 valence electrons. The highest BCUT2D eigenvalue weighted by molar-refractivity contribution is 7.92. The maximum atomic E-state index is 12.8. The molecule has 0 aromatic heterocycles. The number of benzene rings is 1. The first-order valence-corrected chi connectivity index (χ1v) is 5.71. The van der Waals surface area contributed by atoms with Gasteiger partial charge in [-0.15, -0.1) is 0 Å². The Morgan fingerprint density at radius 1 is 1.31 bits per heavy atom. The average Bonchev–Trinajstić information content (AvgIpc) is 2.07. The van der Waals surface area contributed by atoms with Crippen LogP contribution in [0.1, 0.15) is 0 Å². The number of rotatable bonds is 3. The third-order valence-electron chi connectivity index (χ3n) is 1.53. The Morgan fingerprint density at radius 3 is 2.25 bits per heavy atom. The molecule has 6 nitrogen and oxygen atoms in total. The Bertz CT molecular complexity index is 544. The van der Waals surface area contributed by atoms with Crippen LogP contribution in [0.5, 0.6) is 0 Å². The highest BCUT2D eigenvalue weighted by Crippen LogP contribution is 2.27. The summed E-state index contributed by atoms with van der Waals surface area (Å²) in [6, 6.07) is 0.720. The van der Waals surface area contributed by atoms with Crippen molar-refractivity contribution in [3.05, 3.63) is 33.9 Å². The first-order chi connectivity index (χ1) is 7.20. The Balaban J connectivity index is 3.36. The second-order valence-electron chi connectivity index (χ2n) is 2.91. The van der Waals surface area contributed by atoms with Crippen LogP contribution in [-0.2, 0) is 10.0 Å². The van der Waals surface area contributed by atoms with Crippen molar-refractivity contribution in [1.82, 2.24) is 0 Å². The minimum Gasteiger partial charge on any atom is -0.277 e. The molecule has 0 amide bonds. The molecular formula is C7H6F2N2O4S. The van der Waals surface area contributed by atoms with E-state index in [2.05, 4.69) is 0 Å². The van der Waals surface area contributed by atoms with Gasteiger partial charge in [0, 0.05) is 6.07 Å². The van der Waals surface area contributed by atoms with Gasteiger partial charge in [-0.05, 0) is 0 Å². The summed E-state index contributed by atoms with van der Waals surface area (Å²) in [5, 5.41) is 10.5.